The number of pyridine rings is 1. The third-order valence-corrected chi connectivity index (χ3v) is 5.71. The first-order valence-electron chi connectivity index (χ1n) is 9.88. The van der Waals surface area contributed by atoms with Gasteiger partial charge in [-0.1, -0.05) is 31.2 Å². The van der Waals surface area contributed by atoms with E-state index in [0.29, 0.717) is 40.8 Å². The first-order valence-corrected chi connectivity index (χ1v) is 9.88. The zero-order chi connectivity index (χ0) is 20.7. The number of carbonyl (C=O) groups excluding carboxylic acids is 1. The van der Waals surface area contributed by atoms with Gasteiger partial charge in [0, 0.05) is 12.2 Å². The van der Waals surface area contributed by atoms with Crippen molar-refractivity contribution in [2.75, 3.05) is 6.54 Å². The zero-order valence-corrected chi connectivity index (χ0v) is 16.8. The summed E-state index contributed by atoms with van der Waals surface area (Å²) < 4.78 is 1.83. The molecule has 7 heteroatoms. The van der Waals surface area contributed by atoms with Crippen molar-refractivity contribution in [2.45, 2.75) is 45.7 Å². The van der Waals surface area contributed by atoms with Gasteiger partial charge in [-0.25, -0.2) is 14.5 Å². The molecule has 0 saturated heterocycles. The molecule has 1 aliphatic heterocycles. The molecule has 1 aromatic carbocycles. The number of hydrogen-bond acceptors (Lipinski definition) is 4. The highest BCUT2D eigenvalue weighted by Crippen LogP contribution is 2.32. The number of aryl methyl sites for hydroxylation is 1. The predicted molar refractivity (Wildman–Crippen MR) is 109 cm³/mol. The first kappa shape index (κ1) is 19.1. The van der Waals surface area contributed by atoms with Crippen molar-refractivity contribution in [3.8, 4) is 0 Å². The number of fused-ring (bicyclic) bond motifs is 2. The van der Waals surface area contributed by atoms with Crippen molar-refractivity contribution >= 4 is 22.9 Å². The molecule has 0 spiro atoms. The number of carbonyl (C=O) groups is 2. The van der Waals surface area contributed by atoms with Gasteiger partial charge < -0.3 is 10.0 Å². The molecular formula is C22H24N4O3. The van der Waals surface area contributed by atoms with Gasteiger partial charge >= 0.3 is 5.97 Å². The van der Waals surface area contributed by atoms with E-state index in [0.717, 1.165) is 12.0 Å². The minimum absolute atomic E-state index is 0.151. The maximum Gasteiger partial charge on any atom is 0.331 e. The fourth-order valence-electron chi connectivity index (χ4n) is 4.02. The maximum atomic E-state index is 13.5. The topological polar surface area (TPSA) is 88.3 Å². The van der Waals surface area contributed by atoms with Crippen molar-refractivity contribution in [1.82, 2.24) is 19.7 Å². The summed E-state index contributed by atoms with van der Waals surface area (Å²) >= 11 is 0. The molecule has 0 bridgehead atoms. The highest BCUT2D eigenvalue weighted by Gasteiger charge is 2.37. The van der Waals surface area contributed by atoms with Crippen molar-refractivity contribution in [2.24, 2.45) is 0 Å². The fourth-order valence-corrected chi connectivity index (χ4v) is 4.02. The van der Waals surface area contributed by atoms with Gasteiger partial charge in [0.15, 0.2) is 11.7 Å². The molecule has 3 heterocycles. The van der Waals surface area contributed by atoms with Crippen LogP contribution in [-0.2, 0) is 11.2 Å². The number of rotatable bonds is 4. The number of amides is 1. The van der Waals surface area contributed by atoms with Gasteiger partial charge in [0.2, 0.25) is 0 Å². The molecule has 7 nitrogen and oxygen atoms in total. The summed E-state index contributed by atoms with van der Waals surface area (Å²) in [5.41, 5.74) is 3.47. The Bertz CT molecular complexity index is 1100. The fraction of sp³-hybridized carbons (Fsp3) is 0.364. The van der Waals surface area contributed by atoms with Gasteiger partial charge in [-0.05, 0) is 43.9 Å². The van der Waals surface area contributed by atoms with E-state index < -0.39 is 12.0 Å². The predicted octanol–water partition coefficient (Wildman–Crippen LogP) is 3.53. The van der Waals surface area contributed by atoms with E-state index in [2.05, 4.69) is 23.9 Å². The van der Waals surface area contributed by atoms with Gasteiger partial charge in [-0.3, -0.25) is 4.79 Å². The standard InChI is InChI=1S/C22H24N4O3/c1-4-14(3)26-20-18(12-23-26)17(11-13(2)24-20)21(27)25-10-9-15-7-5-6-8-16(15)19(25)22(28)29/h5-8,11-12,14,19H,4,9-10H2,1-3H3,(H,28,29). The molecular weight excluding hydrogens is 368 g/mol. The Morgan fingerprint density at radius 1 is 1.31 bits per heavy atom. The minimum atomic E-state index is -1.03. The second-order valence-corrected chi connectivity index (χ2v) is 7.58. The van der Waals surface area contributed by atoms with E-state index in [1.54, 1.807) is 18.3 Å². The van der Waals surface area contributed by atoms with Crippen LogP contribution in [0.4, 0.5) is 0 Å². The van der Waals surface area contributed by atoms with Crippen LogP contribution < -0.4 is 0 Å². The number of nitrogens with zero attached hydrogens (tertiary/aromatic N) is 4. The lowest BCUT2D eigenvalue weighted by molar-refractivity contribution is -0.143. The molecule has 2 unspecified atom stereocenters. The van der Waals surface area contributed by atoms with Crippen molar-refractivity contribution in [1.29, 1.82) is 0 Å². The number of aliphatic carboxylic acids is 1. The zero-order valence-electron chi connectivity index (χ0n) is 16.8. The summed E-state index contributed by atoms with van der Waals surface area (Å²) in [5.74, 6) is -1.33. The number of aromatic nitrogens is 3. The Morgan fingerprint density at radius 3 is 2.79 bits per heavy atom. The summed E-state index contributed by atoms with van der Waals surface area (Å²) in [6, 6.07) is 8.31. The molecule has 1 aliphatic rings. The van der Waals surface area contributed by atoms with Crippen LogP contribution in [0, 0.1) is 6.92 Å². The van der Waals surface area contributed by atoms with E-state index in [-0.39, 0.29) is 11.9 Å². The molecule has 150 valence electrons. The lowest BCUT2D eigenvalue weighted by Gasteiger charge is -2.35. The molecule has 2 atom stereocenters. The summed E-state index contributed by atoms with van der Waals surface area (Å²) in [6.45, 7) is 6.32. The molecule has 0 fully saturated rings. The van der Waals surface area contributed by atoms with Gasteiger partial charge in [0.1, 0.15) is 0 Å². The number of hydrogen-bond donors (Lipinski definition) is 1. The Labute approximate surface area is 169 Å². The number of carboxylic acids is 1. The Hall–Kier alpha value is -3.22. The van der Waals surface area contributed by atoms with Gasteiger partial charge in [0.25, 0.3) is 5.91 Å². The van der Waals surface area contributed by atoms with E-state index in [1.165, 1.54) is 4.90 Å². The molecule has 0 aliphatic carbocycles. The molecule has 1 N–H and O–H groups in total. The number of carboxylic acid groups (broad SMARTS) is 1. The van der Waals surface area contributed by atoms with Crippen LogP contribution in [0.25, 0.3) is 11.0 Å². The summed E-state index contributed by atoms with van der Waals surface area (Å²) in [5, 5.41) is 15.0. The molecule has 2 aromatic heterocycles. The van der Waals surface area contributed by atoms with Crippen LogP contribution in [0.15, 0.2) is 36.5 Å². The Kier molecular flexibility index (Phi) is 4.82. The van der Waals surface area contributed by atoms with Gasteiger partial charge in [-0.2, -0.15) is 5.10 Å². The normalized spacial score (nSPS) is 17.2. The Balaban J connectivity index is 1.81. The Morgan fingerprint density at radius 2 is 2.07 bits per heavy atom. The summed E-state index contributed by atoms with van der Waals surface area (Å²) in [7, 11) is 0. The first-order chi connectivity index (χ1) is 13.9. The molecule has 1 amide bonds. The van der Waals surface area contributed by atoms with Crippen LogP contribution in [0.1, 0.15) is 59.5 Å². The van der Waals surface area contributed by atoms with E-state index in [4.69, 9.17) is 0 Å². The SMILES string of the molecule is CCC(C)n1ncc2c(C(=O)N3CCc4ccccc4C3C(=O)O)cc(C)nc21. The molecule has 0 saturated carbocycles. The second-order valence-electron chi connectivity index (χ2n) is 7.58. The molecule has 29 heavy (non-hydrogen) atoms. The van der Waals surface area contributed by atoms with Crippen LogP contribution in [0.3, 0.4) is 0 Å². The molecule has 4 rings (SSSR count). The van der Waals surface area contributed by atoms with E-state index >= 15 is 0 Å². The van der Waals surface area contributed by atoms with Crippen molar-refractivity contribution in [3.63, 3.8) is 0 Å². The highest BCUT2D eigenvalue weighted by atomic mass is 16.4. The highest BCUT2D eigenvalue weighted by molar-refractivity contribution is 6.06. The van der Waals surface area contributed by atoms with E-state index in [1.807, 2.05) is 29.8 Å². The average Bonchev–Trinajstić information content (AvgIpc) is 3.14. The average molecular weight is 392 g/mol. The van der Waals surface area contributed by atoms with Crippen LogP contribution in [0.2, 0.25) is 0 Å². The quantitative estimate of drug-likeness (QED) is 0.734. The van der Waals surface area contributed by atoms with E-state index in [9.17, 15) is 14.7 Å². The monoisotopic (exact) mass is 392 g/mol. The van der Waals surface area contributed by atoms with Crippen LogP contribution in [-0.4, -0.2) is 43.2 Å². The third-order valence-electron chi connectivity index (χ3n) is 5.71. The smallest absolute Gasteiger partial charge is 0.331 e. The maximum absolute atomic E-state index is 13.5. The lowest BCUT2D eigenvalue weighted by Crippen LogP contribution is -2.43. The summed E-state index contributed by atoms with van der Waals surface area (Å²) in [6.07, 6.45) is 3.18. The van der Waals surface area contributed by atoms with Crippen molar-refractivity contribution in [3.05, 3.63) is 58.9 Å². The van der Waals surface area contributed by atoms with Gasteiger partial charge in [-0.15, -0.1) is 0 Å². The number of benzene rings is 1. The lowest BCUT2D eigenvalue weighted by atomic mass is 9.92. The van der Waals surface area contributed by atoms with Crippen molar-refractivity contribution < 1.29 is 14.7 Å². The molecule has 0 radical (unpaired) electrons. The van der Waals surface area contributed by atoms with Gasteiger partial charge in [0.05, 0.1) is 23.2 Å². The third kappa shape index (κ3) is 3.16. The van der Waals surface area contributed by atoms with Crippen LogP contribution in [0.5, 0.6) is 0 Å². The minimum Gasteiger partial charge on any atom is -0.479 e. The summed E-state index contributed by atoms with van der Waals surface area (Å²) in [4.78, 5) is 31.7. The largest absolute Gasteiger partial charge is 0.479 e. The molecule has 3 aromatic rings. The van der Waals surface area contributed by atoms with Crippen LogP contribution >= 0.6 is 0 Å². The second kappa shape index (κ2) is 7.31.